The highest BCUT2D eigenvalue weighted by atomic mass is 19.2. The molecule has 190 valence electrons. The van der Waals surface area contributed by atoms with E-state index in [0.717, 1.165) is 25.7 Å². The minimum atomic E-state index is -0.937. The second kappa shape index (κ2) is 11.9. The molecule has 1 saturated heterocycles. The van der Waals surface area contributed by atoms with Crippen LogP contribution < -0.4 is 0 Å². The molecular formula is C31H32F4O. The molecule has 3 aromatic rings. The van der Waals surface area contributed by atoms with Gasteiger partial charge in [-0.3, -0.25) is 0 Å². The molecule has 4 rings (SSSR count). The first-order valence-electron chi connectivity index (χ1n) is 12.7. The number of hydrogen-bond donors (Lipinski definition) is 0. The Bertz CT molecular complexity index is 1210. The second-order valence-electron chi connectivity index (χ2n) is 9.45. The fourth-order valence-electron chi connectivity index (χ4n) is 4.88. The van der Waals surface area contributed by atoms with Crippen LogP contribution in [0.15, 0.2) is 60.7 Å². The van der Waals surface area contributed by atoms with Gasteiger partial charge in [0.25, 0.3) is 0 Å². The van der Waals surface area contributed by atoms with Crippen molar-refractivity contribution in [2.75, 3.05) is 6.61 Å². The van der Waals surface area contributed by atoms with E-state index in [4.69, 9.17) is 4.74 Å². The first kappa shape index (κ1) is 26.2. The molecule has 2 atom stereocenters. The summed E-state index contributed by atoms with van der Waals surface area (Å²) in [5.74, 6) is -3.25. The van der Waals surface area contributed by atoms with Crippen LogP contribution >= 0.6 is 0 Å². The fourth-order valence-corrected chi connectivity index (χ4v) is 4.88. The maximum atomic E-state index is 15.1. The maximum Gasteiger partial charge on any atom is 0.167 e. The van der Waals surface area contributed by atoms with Crippen LogP contribution in [-0.4, -0.2) is 6.61 Å². The molecule has 0 spiro atoms. The van der Waals surface area contributed by atoms with Gasteiger partial charge >= 0.3 is 0 Å². The topological polar surface area (TPSA) is 9.23 Å². The molecule has 1 fully saturated rings. The molecular weight excluding hydrogens is 464 g/mol. The van der Waals surface area contributed by atoms with E-state index in [1.807, 2.05) is 13.0 Å². The third-order valence-electron chi connectivity index (χ3n) is 6.95. The molecule has 0 saturated carbocycles. The van der Waals surface area contributed by atoms with Gasteiger partial charge in [-0.1, -0.05) is 80.4 Å². The Labute approximate surface area is 210 Å². The molecule has 0 aromatic heterocycles. The highest BCUT2D eigenvalue weighted by molar-refractivity contribution is 5.71. The standard InChI is InChI=1S/C31H32F4O/c1-3-5-6-8-23-14-15-24(29(33)28(23)32)21-10-12-22(13-11-21)25-16-17-26(31(35)30(25)34)27-18-9-20(7-4-2)19-36-27/h4,7,10-17,20,27H,3,5-6,8-9,18-19H2,1-2H3. The molecule has 0 N–H and O–H groups in total. The summed E-state index contributed by atoms with van der Waals surface area (Å²) in [7, 11) is 0. The van der Waals surface area contributed by atoms with E-state index in [0.29, 0.717) is 42.1 Å². The van der Waals surface area contributed by atoms with Gasteiger partial charge in [-0.25, -0.2) is 17.6 Å². The van der Waals surface area contributed by atoms with Gasteiger partial charge in [-0.05, 0) is 49.3 Å². The zero-order valence-corrected chi connectivity index (χ0v) is 20.8. The number of hydrogen-bond acceptors (Lipinski definition) is 1. The normalized spacial score (nSPS) is 18.2. The van der Waals surface area contributed by atoms with E-state index >= 15 is 8.78 Å². The Kier molecular flexibility index (Phi) is 8.63. The lowest BCUT2D eigenvalue weighted by Crippen LogP contribution is -2.20. The molecule has 5 heteroatoms. The smallest absolute Gasteiger partial charge is 0.167 e. The van der Waals surface area contributed by atoms with Gasteiger partial charge in [0.1, 0.15) is 0 Å². The summed E-state index contributed by atoms with van der Waals surface area (Å²) in [5, 5.41) is 0. The minimum Gasteiger partial charge on any atom is -0.373 e. The summed E-state index contributed by atoms with van der Waals surface area (Å²) in [4.78, 5) is 0. The Morgan fingerprint density at radius 1 is 0.778 bits per heavy atom. The summed E-state index contributed by atoms with van der Waals surface area (Å²) in [6.45, 7) is 4.49. The quantitative estimate of drug-likeness (QED) is 0.171. The highest BCUT2D eigenvalue weighted by Gasteiger charge is 2.26. The van der Waals surface area contributed by atoms with Crippen molar-refractivity contribution in [3.63, 3.8) is 0 Å². The predicted octanol–water partition coefficient (Wildman–Crippen LogP) is 9.35. The van der Waals surface area contributed by atoms with E-state index < -0.39 is 29.4 Å². The fraction of sp³-hybridized carbons (Fsp3) is 0.355. The third kappa shape index (κ3) is 5.57. The molecule has 1 heterocycles. The van der Waals surface area contributed by atoms with E-state index in [2.05, 4.69) is 13.0 Å². The van der Waals surface area contributed by atoms with Gasteiger partial charge in [-0.2, -0.15) is 0 Å². The number of halogens is 4. The van der Waals surface area contributed by atoms with E-state index in [-0.39, 0.29) is 16.7 Å². The molecule has 0 radical (unpaired) electrons. The van der Waals surface area contributed by atoms with Crippen molar-refractivity contribution in [2.45, 2.75) is 58.5 Å². The Morgan fingerprint density at radius 2 is 1.42 bits per heavy atom. The van der Waals surface area contributed by atoms with Crippen molar-refractivity contribution < 1.29 is 22.3 Å². The van der Waals surface area contributed by atoms with Gasteiger partial charge in [0, 0.05) is 22.6 Å². The van der Waals surface area contributed by atoms with Crippen molar-refractivity contribution in [1.82, 2.24) is 0 Å². The molecule has 0 amide bonds. The van der Waals surface area contributed by atoms with Gasteiger partial charge in [0.15, 0.2) is 23.3 Å². The average Bonchev–Trinajstić information content (AvgIpc) is 2.89. The summed E-state index contributed by atoms with van der Waals surface area (Å²) in [5.41, 5.74) is 1.78. The summed E-state index contributed by atoms with van der Waals surface area (Å²) < 4.78 is 65.3. The molecule has 36 heavy (non-hydrogen) atoms. The van der Waals surface area contributed by atoms with Crippen molar-refractivity contribution in [3.8, 4) is 22.3 Å². The molecule has 0 bridgehead atoms. The SMILES string of the molecule is CC=CC1CCC(c2ccc(-c3ccc(-c4ccc(CCCCC)c(F)c4F)cc3)c(F)c2F)OC1. The number of rotatable bonds is 8. The van der Waals surface area contributed by atoms with Crippen molar-refractivity contribution in [2.24, 2.45) is 5.92 Å². The van der Waals surface area contributed by atoms with Crippen LogP contribution in [0, 0.1) is 29.2 Å². The van der Waals surface area contributed by atoms with Crippen molar-refractivity contribution in [3.05, 3.63) is 95.1 Å². The van der Waals surface area contributed by atoms with Crippen LogP contribution in [0.1, 0.15) is 63.2 Å². The maximum absolute atomic E-state index is 15.1. The number of ether oxygens (including phenoxy) is 1. The minimum absolute atomic E-state index is 0.114. The Morgan fingerprint density at radius 3 is 2.00 bits per heavy atom. The van der Waals surface area contributed by atoms with Crippen LogP contribution in [0.5, 0.6) is 0 Å². The second-order valence-corrected chi connectivity index (χ2v) is 9.45. The molecule has 1 aliphatic rings. The molecule has 3 aromatic carbocycles. The predicted molar refractivity (Wildman–Crippen MR) is 137 cm³/mol. The van der Waals surface area contributed by atoms with Gasteiger partial charge in [0.05, 0.1) is 12.7 Å². The lowest BCUT2D eigenvalue weighted by atomic mass is 9.92. The first-order valence-corrected chi connectivity index (χ1v) is 12.7. The van der Waals surface area contributed by atoms with Gasteiger partial charge < -0.3 is 4.74 Å². The Hall–Kier alpha value is -2.92. The third-order valence-corrected chi connectivity index (χ3v) is 6.95. The summed E-state index contributed by atoms with van der Waals surface area (Å²) >= 11 is 0. The number of benzene rings is 3. The molecule has 1 nitrogen and oxygen atoms in total. The zero-order chi connectivity index (χ0) is 25.7. The highest BCUT2D eigenvalue weighted by Crippen LogP contribution is 2.36. The van der Waals surface area contributed by atoms with Crippen LogP contribution in [0.25, 0.3) is 22.3 Å². The van der Waals surface area contributed by atoms with Crippen LogP contribution in [-0.2, 0) is 11.2 Å². The van der Waals surface area contributed by atoms with E-state index in [1.54, 1.807) is 48.5 Å². The van der Waals surface area contributed by atoms with E-state index in [1.165, 1.54) is 0 Å². The zero-order valence-electron chi connectivity index (χ0n) is 20.8. The van der Waals surface area contributed by atoms with Crippen LogP contribution in [0.4, 0.5) is 17.6 Å². The number of allylic oxidation sites excluding steroid dienone is 1. The first-order chi connectivity index (χ1) is 17.4. The van der Waals surface area contributed by atoms with Gasteiger partial charge in [-0.15, -0.1) is 0 Å². The van der Waals surface area contributed by atoms with Crippen molar-refractivity contribution >= 4 is 0 Å². The van der Waals surface area contributed by atoms with Crippen molar-refractivity contribution in [1.29, 1.82) is 0 Å². The van der Waals surface area contributed by atoms with E-state index in [9.17, 15) is 8.78 Å². The largest absolute Gasteiger partial charge is 0.373 e. The number of unbranched alkanes of at least 4 members (excludes halogenated alkanes) is 2. The average molecular weight is 497 g/mol. The molecule has 1 aliphatic heterocycles. The van der Waals surface area contributed by atoms with Gasteiger partial charge in [0.2, 0.25) is 0 Å². The summed E-state index contributed by atoms with van der Waals surface area (Å²) in [6.07, 6.45) is 8.34. The lowest BCUT2D eigenvalue weighted by Gasteiger charge is -2.28. The lowest BCUT2D eigenvalue weighted by molar-refractivity contribution is -0.00743. The van der Waals surface area contributed by atoms with Crippen LogP contribution in [0.2, 0.25) is 0 Å². The monoisotopic (exact) mass is 496 g/mol. The molecule has 0 aliphatic carbocycles. The Balaban J connectivity index is 1.53. The van der Waals surface area contributed by atoms with Crippen LogP contribution in [0.3, 0.4) is 0 Å². The molecule has 2 unspecified atom stereocenters. The summed E-state index contributed by atoms with van der Waals surface area (Å²) in [6, 6.07) is 12.7. The number of aryl methyl sites for hydroxylation is 1.